The summed E-state index contributed by atoms with van der Waals surface area (Å²) in [6, 6.07) is 11.0. The number of halogens is 1. The van der Waals surface area contributed by atoms with Crippen molar-refractivity contribution in [3.8, 4) is 11.5 Å². The van der Waals surface area contributed by atoms with Crippen LogP contribution in [0, 0.1) is 0 Å². The van der Waals surface area contributed by atoms with Crippen LogP contribution >= 0.6 is 11.6 Å². The van der Waals surface area contributed by atoms with Crippen LogP contribution in [0.4, 0.5) is 5.69 Å². The van der Waals surface area contributed by atoms with Crippen molar-refractivity contribution in [1.82, 2.24) is 0 Å². The average molecular weight is 308 g/mol. The molecule has 2 N–H and O–H groups in total. The van der Waals surface area contributed by atoms with Crippen LogP contribution < -0.4 is 14.8 Å². The van der Waals surface area contributed by atoms with Gasteiger partial charge in [0, 0.05) is 18.2 Å². The van der Waals surface area contributed by atoms with Crippen LogP contribution in [-0.2, 0) is 13.2 Å². The van der Waals surface area contributed by atoms with Gasteiger partial charge >= 0.3 is 0 Å². The Morgan fingerprint density at radius 1 is 1.10 bits per heavy atom. The third kappa shape index (κ3) is 3.80. The highest BCUT2D eigenvalue weighted by atomic mass is 35.5. The molecular weight excluding hydrogens is 290 g/mol. The van der Waals surface area contributed by atoms with Crippen LogP contribution in [0.25, 0.3) is 0 Å². The van der Waals surface area contributed by atoms with Gasteiger partial charge in [0.1, 0.15) is 11.5 Å². The second kappa shape index (κ2) is 7.20. The van der Waals surface area contributed by atoms with E-state index in [0.29, 0.717) is 11.6 Å². The van der Waals surface area contributed by atoms with Gasteiger partial charge in [-0.25, -0.2) is 0 Å². The first kappa shape index (κ1) is 15.5. The van der Waals surface area contributed by atoms with E-state index < -0.39 is 0 Å². The molecule has 2 aromatic rings. The smallest absolute Gasteiger partial charge is 0.127 e. The second-order valence-corrected chi connectivity index (χ2v) is 4.91. The van der Waals surface area contributed by atoms with E-state index in [2.05, 4.69) is 5.32 Å². The normalized spacial score (nSPS) is 10.3. The molecule has 0 bridgehead atoms. The van der Waals surface area contributed by atoms with E-state index in [4.69, 9.17) is 21.1 Å². The van der Waals surface area contributed by atoms with E-state index in [0.717, 1.165) is 28.3 Å². The number of ether oxygens (including phenoxy) is 2. The molecule has 0 heterocycles. The summed E-state index contributed by atoms with van der Waals surface area (Å²) in [5, 5.41) is 13.0. The van der Waals surface area contributed by atoms with Gasteiger partial charge in [0.15, 0.2) is 0 Å². The van der Waals surface area contributed by atoms with Gasteiger partial charge in [0.2, 0.25) is 0 Å². The highest BCUT2D eigenvalue weighted by Crippen LogP contribution is 2.27. The number of hydrogen-bond donors (Lipinski definition) is 2. The maximum Gasteiger partial charge on any atom is 0.127 e. The van der Waals surface area contributed by atoms with Crippen LogP contribution in [0.15, 0.2) is 36.4 Å². The van der Waals surface area contributed by atoms with Crippen LogP contribution in [0.5, 0.6) is 11.5 Å². The first-order chi connectivity index (χ1) is 10.2. The lowest BCUT2D eigenvalue weighted by Crippen LogP contribution is -2.03. The Balaban J connectivity index is 2.16. The standard InChI is InChI=1S/C16H18ClNO3/c1-20-13-5-4-12(16(8-13)21-2)9-18-15-7-11(10-19)3-6-14(15)17/h3-8,18-19H,9-10H2,1-2H3. The molecule has 0 aromatic heterocycles. The fourth-order valence-corrected chi connectivity index (χ4v) is 2.18. The van der Waals surface area contributed by atoms with E-state index >= 15 is 0 Å². The van der Waals surface area contributed by atoms with Gasteiger partial charge in [-0.1, -0.05) is 17.7 Å². The van der Waals surface area contributed by atoms with Gasteiger partial charge < -0.3 is 19.9 Å². The summed E-state index contributed by atoms with van der Waals surface area (Å²) in [6.07, 6.45) is 0. The van der Waals surface area contributed by atoms with Gasteiger partial charge in [0.25, 0.3) is 0 Å². The van der Waals surface area contributed by atoms with Gasteiger partial charge in [-0.2, -0.15) is 0 Å². The molecule has 0 fully saturated rings. The Kier molecular flexibility index (Phi) is 5.31. The number of rotatable bonds is 6. The first-order valence-corrected chi connectivity index (χ1v) is 6.89. The zero-order chi connectivity index (χ0) is 15.2. The topological polar surface area (TPSA) is 50.7 Å². The van der Waals surface area contributed by atoms with Crippen molar-refractivity contribution >= 4 is 17.3 Å². The number of benzene rings is 2. The van der Waals surface area contributed by atoms with Crippen molar-refractivity contribution in [1.29, 1.82) is 0 Å². The van der Waals surface area contributed by atoms with Crippen molar-refractivity contribution in [3.05, 3.63) is 52.5 Å². The minimum atomic E-state index is -0.0162. The predicted molar refractivity (Wildman–Crippen MR) is 84.2 cm³/mol. The predicted octanol–water partition coefficient (Wildman–Crippen LogP) is 3.46. The number of methoxy groups -OCH3 is 2. The molecule has 0 spiro atoms. The summed E-state index contributed by atoms with van der Waals surface area (Å²) in [5.41, 5.74) is 2.58. The third-order valence-electron chi connectivity index (χ3n) is 3.18. The quantitative estimate of drug-likeness (QED) is 0.858. The minimum Gasteiger partial charge on any atom is -0.497 e. The maximum atomic E-state index is 9.17. The van der Waals surface area contributed by atoms with E-state index in [1.807, 2.05) is 24.3 Å². The fourth-order valence-electron chi connectivity index (χ4n) is 1.99. The molecule has 5 heteroatoms. The van der Waals surface area contributed by atoms with Crippen LogP contribution in [-0.4, -0.2) is 19.3 Å². The highest BCUT2D eigenvalue weighted by molar-refractivity contribution is 6.33. The summed E-state index contributed by atoms with van der Waals surface area (Å²) in [4.78, 5) is 0. The zero-order valence-electron chi connectivity index (χ0n) is 12.0. The molecule has 0 radical (unpaired) electrons. The zero-order valence-corrected chi connectivity index (χ0v) is 12.8. The Morgan fingerprint density at radius 3 is 2.57 bits per heavy atom. The minimum absolute atomic E-state index is 0.0162. The Hall–Kier alpha value is -1.91. The molecule has 0 saturated carbocycles. The molecule has 0 unspecified atom stereocenters. The molecule has 0 aliphatic carbocycles. The largest absolute Gasteiger partial charge is 0.497 e. The second-order valence-electron chi connectivity index (χ2n) is 4.50. The van der Waals surface area contributed by atoms with Gasteiger partial charge in [-0.15, -0.1) is 0 Å². The number of hydrogen-bond acceptors (Lipinski definition) is 4. The molecule has 2 aromatic carbocycles. The van der Waals surface area contributed by atoms with Crippen LogP contribution in [0.2, 0.25) is 5.02 Å². The maximum absolute atomic E-state index is 9.17. The van der Waals surface area contributed by atoms with E-state index in [1.165, 1.54) is 0 Å². The molecule has 4 nitrogen and oxygen atoms in total. The molecule has 0 atom stereocenters. The number of nitrogens with one attached hydrogen (secondary N) is 1. The Morgan fingerprint density at radius 2 is 1.90 bits per heavy atom. The molecule has 112 valence electrons. The van der Waals surface area contributed by atoms with Crippen LogP contribution in [0.1, 0.15) is 11.1 Å². The molecule has 0 aliphatic rings. The number of aliphatic hydroxyl groups excluding tert-OH is 1. The summed E-state index contributed by atoms with van der Waals surface area (Å²) >= 11 is 6.15. The monoisotopic (exact) mass is 307 g/mol. The summed E-state index contributed by atoms with van der Waals surface area (Å²) < 4.78 is 10.5. The molecule has 0 saturated heterocycles. The average Bonchev–Trinajstić information content (AvgIpc) is 2.54. The SMILES string of the molecule is COc1ccc(CNc2cc(CO)ccc2Cl)c(OC)c1. The third-order valence-corrected chi connectivity index (χ3v) is 3.51. The van der Waals surface area contributed by atoms with Crippen LogP contribution in [0.3, 0.4) is 0 Å². The van der Waals surface area contributed by atoms with Crippen molar-refractivity contribution in [2.24, 2.45) is 0 Å². The lowest BCUT2D eigenvalue weighted by atomic mass is 10.1. The number of anilines is 1. The number of aliphatic hydroxyl groups is 1. The van der Waals surface area contributed by atoms with E-state index in [1.54, 1.807) is 26.4 Å². The van der Waals surface area contributed by atoms with Crippen molar-refractivity contribution in [2.45, 2.75) is 13.2 Å². The summed E-state index contributed by atoms with van der Waals surface area (Å²) in [5.74, 6) is 1.49. The Labute approximate surface area is 129 Å². The fraction of sp³-hybridized carbons (Fsp3) is 0.250. The summed E-state index contributed by atoms with van der Waals surface area (Å²) in [6.45, 7) is 0.541. The van der Waals surface area contributed by atoms with Crippen molar-refractivity contribution in [2.75, 3.05) is 19.5 Å². The molecule has 0 aliphatic heterocycles. The van der Waals surface area contributed by atoms with Gasteiger partial charge in [-0.3, -0.25) is 0 Å². The first-order valence-electron chi connectivity index (χ1n) is 6.52. The Bertz CT molecular complexity index is 616. The van der Waals surface area contributed by atoms with Crippen molar-refractivity contribution in [3.63, 3.8) is 0 Å². The highest BCUT2D eigenvalue weighted by Gasteiger charge is 2.07. The molecule has 0 amide bonds. The molecular formula is C16H18ClNO3. The van der Waals surface area contributed by atoms with E-state index in [9.17, 15) is 5.11 Å². The van der Waals surface area contributed by atoms with Gasteiger partial charge in [0.05, 0.1) is 31.5 Å². The molecule has 21 heavy (non-hydrogen) atoms. The summed E-state index contributed by atoms with van der Waals surface area (Å²) in [7, 11) is 3.24. The van der Waals surface area contributed by atoms with Gasteiger partial charge in [-0.05, 0) is 29.8 Å². The van der Waals surface area contributed by atoms with Crippen molar-refractivity contribution < 1.29 is 14.6 Å². The molecule has 2 rings (SSSR count). The lowest BCUT2D eigenvalue weighted by molar-refractivity contribution is 0.282. The van der Waals surface area contributed by atoms with E-state index in [-0.39, 0.29) is 6.61 Å². The lowest BCUT2D eigenvalue weighted by Gasteiger charge is -2.13.